The van der Waals surface area contributed by atoms with Gasteiger partial charge >= 0.3 is 11.9 Å². The number of hydrogen-bond acceptors (Lipinski definition) is 7. The summed E-state index contributed by atoms with van der Waals surface area (Å²) in [6, 6.07) is -2.20. The number of unbranched alkanes of at least 4 members (excludes halogenated alkanes) is 12. The average Bonchev–Trinajstić information content (AvgIpc) is 2.86. The second kappa shape index (κ2) is 23.2. The van der Waals surface area contributed by atoms with Gasteiger partial charge in [-0.3, -0.25) is 24.0 Å². The van der Waals surface area contributed by atoms with E-state index in [-0.39, 0.29) is 36.6 Å². The molecule has 1 amide bonds. The van der Waals surface area contributed by atoms with Crippen molar-refractivity contribution in [2.24, 2.45) is 5.73 Å². The summed E-state index contributed by atoms with van der Waals surface area (Å²) in [6.07, 6.45) is 15.3. The summed E-state index contributed by atoms with van der Waals surface area (Å²) in [7, 11) is 0. The van der Waals surface area contributed by atoms with Crippen LogP contribution in [0.4, 0.5) is 0 Å². The molecule has 0 rings (SSSR count). The number of Topliss-reactive ketones (excluding diaryl/α,β-unsaturated/α-hetero) is 1. The fraction of sp³-hybridized carbons (Fsp3) is 0.815. The molecule has 0 bridgehead atoms. The maximum atomic E-state index is 12.4. The van der Waals surface area contributed by atoms with Crippen LogP contribution in [0, 0.1) is 0 Å². The molecule has 0 aliphatic rings. The maximum absolute atomic E-state index is 12.4. The number of thioether (sulfide) groups is 1. The topological polar surface area (TPSA) is 164 Å². The van der Waals surface area contributed by atoms with Crippen LogP contribution in [0.3, 0.4) is 0 Å². The number of ketones is 1. The van der Waals surface area contributed by atoms with Crippen molar-refractivity contribution in [3.63, 3.8) is 0 Å². The van der Waals surface area contributed by atoms with Gasteiger partial charge in [-0.15, -0.1) is 0 Å². The van der Waals surface area contributed by atoms with Crippen molar-refractivity contribution in [1.82, 2.24) is 5.32 Å². The Balaban J connectivity index is 4.16. The first-order valence-electron chi connectivity index (χ1n) is 13.8. The van der Waals surface area contributed by atoms with Crippen molar-refractivity contribution < 1.29 is 34.2 Å². The molecule has 0 aromatic rings. The molecule has 0 saturated heterocycles. The lowest BCUT2D eigenvalue weighted by Crippen LogP contribution is -2.43. The van der Waals surface area contributed by atoms with Gasteiger partial charge in [0, 0.05) is 25.0 Å². The summed E-state index contributed by atoms with van der Waals surface area (Å²) < 4.78 is 0. The van der Waals surface area contributed by atoms with Gasteiger partial charge in [0.2, 0.25) is 5.91 Å². The molecule has 5 N–H and O–H groups in total. The minimum Gasteiger partial charge on any atom is -0.481 e. The number of carboxylic acids is 2. The van der Waals surface area contributed by atoms with E-state index in [2.05, 4.69) is 12.2 Å². The summed E-state index contributed by atoms with van der Waals surface area (Å²) in [6.45, 7) is 2.23. The van der Waals surface area contributed by atoms with Gasteiger partial charge in [-0.2, -0.15) is 0 Å². The van der Waals surface area contributed by atoms with Gasteiger partial charge in [0.05, 0.1) is 12.5 Å². The largest absolute Gasteiger partial charge is 0.481 e. The van der Waals surface area contributed by atoms with Crippen molar-refractivity contribution in [3.05, 3.63) is 0 Å². The lowest BCUT2D eigenvalue weighted by Gasteiger charge is -2.17. The Morgan fingerprint density at radius 2 is 1.24 bits per heavy atom. The van der Waals surface area contributed by atoms with E-state index < -0.39 is 35.7 Å². The Kier molecular flexibility index (Phi) is 22.0. The van der Waals surface area contributed by atoms with Crippen LogP contribution in [0.25, 0.3) is 0 Å². The molecular formula is C27H48N2O7S. The molecule has 10 heteroatoms. The van der Waals surface area contributed by atoms with E-state index in [1.165, 1.54) is 64.2 Å². The maximum Gasteiger partial charge on any atom is 0.320 e. The van der Waals surface area contributed by atoms with Gasteiger partial charge in [0.1, 0.15) is 6.04 Å². The highest BCUT2D eigenvalue weighted by Crippen LogP contribution is 2.16. The molecule has 0 aliphatic carbocycles. The molecule has 37 heavy (non-hydrogen) atoms. The van der Waals surface area contributed by atoms with Crippen molar-refractivity contribution in [2.45, 2.75) is 135 Å². The van der Waals surface area contributed by atoms with Crippen molar-refractivity contribution in [3.8, 4) is 0 Å². The van der Waals surface area contributed by atoms with E-state index in [9.17, 15) is 24.0 Å². The first kappa shape index (κ1) is 35.1. The van der Waals surface area contributed by atoms with Gasteiger partial charge in [-0.05, 0) is 12.8 Å². The third-order valence-corrected chi connectivity index (χ3v) is 7.23. The van der Waals surface area contributed by atoms with E-state index in [1.54, 1.807) is 0 Å². The van der Waals surface area contributed by atoms with Crippen LogP contribution in [-0.4, -0.2) is 56.8 Å². The molecule has 0 radical (unpaired) electrons. The lowest BCUT2D eigenvalue weighted by atomic mass is 10.0. The van der Waals surface area contributed by atoms with Gasteiger partial charge in [0.25, 0.3) is 0 Å². The van der Waals surface area contributed by atoms with Crippen LogP contribution in [-0.2, 0) is 24.0 Å². The highest BCUT2D eigenvalue weighted by molar-refractivity contribution is 8.13. The predicted molar refractivity (Wildman–Crippen MR) is 146 cm³/mol. The molecule has 9 nitrogen and oxygen atoms in total. The second-order valence-corrected chi connectivity index (χ2v) is 10.7. The third-order valence-electron chi connectivity index (χ3n) is 6.20. The Bertz CT molecular complexity index is 688. The number of nitrogens with two attached hydrogens (primary N) is 1. The molecule has 0 aliphatic heterocycles. The Hall–Kier alpha value is -1.94. The van der Waals surface area contributed by atoms with Gasteiger partial charge in [0.15, 0.2) is 10.9 Å². The summed E-state index contributed by atoms with van der Waals surface area (Å²) in [4.78, 5) is 58.4. The van der Waals surface area contributed by atoms with Crippen LogP contribution in [0.15, 0.2) is 0 Å². The zero-order valence-electron chi connectivity index (χ0n) is 22.5. The monoisotopic (exact) mass is 544 g/mol. The van der Waals surface area contributed by atoms with E-state index in [0.29, 0.717) is 6.42 Å². The molecular weight excluding hydrogens is 496 g/mol. The van der Waals surface area contributed by atoms with E-state index in [4.69, 9.17) is 15.9 Å². The molecule has 0 fully saturated rings. The molecule has 0 spiro atoms. The second-order valence-electron chi connectivity index (χ2n) is 9.64. The predicted octanol–water partition coefficient (Wildman–Crippen LogP) is 4.84. The molecule has 214 valence electrons. The van der Waals surface area contributed by atoms with Crippen LogP contribution in [0.5, 0.6) is 0 Å². The van der Waals surface area contributed by atoms with Gasteiger partial charge in [-0.25, -0.2) is 0 Å². The normalized spacial score (nSPS) is 12.6. The van der Waals surface area contributed by atoms with Crippen LogP contribution in [0.1, 0.15) is 122 Å². The Morgan fingerprint density at radius 3 is 1.73 bits per heavy atom. The quantitative estimate of drug-likeness (QED) is 0.118. The fourth-order valence-electron chi connectivity index (χ4n) is 3.83. The standard InChI is InChI=1S/C27H48N2O7S/c1-2-3-4-5-6-7-8-9-10-11-12-13-14-15-26(34)37-20-22(23(30)17-19-25(32)33)29-24(31)18-16-21(28)27(35)36/h21-22H,2-20,28H2,1H3,(H,29,31)(H,32,33)(H,35,36)/t21-,22-/m0/s1. The summed E-state index contributed by atoms with van der Waals surface area (Å²) >= 11 is 0.962. The SMILES string of the molecule is CCCCCCCCCCCCCCCC(=O)SC[C@H](NC(=O)CC[C@H](N)C(=O)O)C(=O)CCC(=O)O. The van der Waals surface area contributed by atoms with Crippen molar-refractivity contribution in [1.29, 1.82) is 0 Å². The number of aliphatic carboxylic acids is 2. The highest BCUT2D eigenvalue weighted by atomic mass is 32.2. The Labute approximate surface area is 226 Å². The number of carbonyl (C=O) groups is 5. The van der Waals surface area contributed by atoms with Crippen LogP contribution in [0.2, 0.25) is 0 Å². The van der Waals surface area contributed by atoms with Gasteiger partial charge < -0.3 is 21.3 Å². The zero-order chi connectivity index (χ0) is 27.9. The van der Waals surface area contributed by atoms with E-state index in [1.807, 2.05) is 0 Å². The van der Waals surface area contributed by atoms with Crippen molar-refractivity contribution in [2.75, 3.05) is 5.75 Å². The number of carboxylic acid groups (broad SMARTS) is 2. The van der Waals surface area contributed by atoms with E-state index >= 15 is 0 Å². The summed E-state index contributed by atoms with van der Waals surface area (Å²) in [5.74, 6) is -3.37. The van der Waals surface area contributed by atoms with Crippen LogP contribution < -0.4 is 11.1 Å². The molecule has 0 aromatic heterocycles. The number of hydrogen-bond donors (Lipinski definition) is 4. The molecule has 0 heterocycles. The minimum absolute atomic E-state index is 0.0203. The highest BCUT2D eigenvalue weighted by Gasteiger charge is 2.23. The smallest absolute Gasteiger partial charge is 0.320 e. The van der Waals surface area contributed by atoms with Crippen LogP contribution >= 0.6 is 11.8 Å². The Morgan fingerprint density at radius 1 is 0.730 bits per heavy atom. The zero-order valence-corrected chi connectivity index (χ0v) is 23.3. The van der Waals surface area contributed by atoms with Crippen molar-refractivity contribution >= 4 is 40.5 Å². The molecule has 0 unspecified atom stereocenters. The molecule has 0 aromatic carbocycles. The number of rotatable bonds is 25. The van der Waals surface area contributed by atoms with E-state index in [0.717, 1.165) is 31.0 Å². The first-order chi connectivity index (χ1) is 17.7. The minimum atomic E-state index is -1.23. The fourth-order valence-corrected chi connectivity index (χ4v) is 4.74. The number of amides is 1. The summed E-state index contributed by atoms with van der Waals surface area (Å²) in [5.41, 5.74) is 5.40. The first-order valence-corrected chi connectivity index (χ1v) is 14.8. The van der Waals surface area contributed by atoms with Gasteiger partial charge in [-0.1, -0.05) is 95.7 Å². The lowest BCUT2D eigenvalue weighted by molar-refractivity contribution is -0.139. The molecule has 2 atom stereocenters. The number of nitrogens with one attached hydrogen (secondary N) is 1. The number of carbonyl (C=O) groups excluding carboxylic acids is 3. The third kappa shape index (κ3) is 21.8. The molecule has 0 saturated carbocycles. The average molecular weight is 545 g/mol. The summed E-state index contributed by atoms with van der Waals surface area (Å²) in [5, 5.41) is 20.1.